The summed E-state index contributed by atoms with van der Waals surface area (Å²) in [7, 11) is 0. The molecule has 0 aromatic heterocycles. The Morgan fingerprint density at radius 2 is 1.70 bits per heavy atom. The average molecular weight is 329 g/mol. The highest BCUT2D eigenvalue weighted by Gasteiger charge is 2.07. The van der Waals surface area contributed by atoms with Gasteiger partial charge in [-0.1, -0.05) is 41.9 Å². The molecule has 0 heterocycles. The van der Waals surface area contributed by atoms with Gasteiger partial charge in [-0.15, -0.1) is 0 Å². The van der Waals surface area contributed by atoms with E-state index >= 15 is 0 Å². The molecule has 0 unspecified atom stereocenters. The van der Waals surface area contributed by atoms with Crippen molar-refractivity contribution in [1.82, 2.24) is 5.32 Å². The molecule has 0 fully saturated rings. The van der Waals surface area contributed by atoms with Crippen LogP contribution in [0.1, 0.15) is 12.5 Å². The van der Waals surface area contributed by atoms with Crippen LogP contribution in [0.4, 0.5) is 5.69 Å². The van der Waals surface area contributed by atoms with E-state index in [0.717, 1.165) is 5.56 Å². The van der Waals surface area contributed by atoms with Crippen molar-refractivity contribution in [2.75, 3.05) is 11.9 Å². The first-order chi connectivity index (χ1) is 11.0. The van der Waals surface area contributed by atoms with Crippen LogP contribution >= 0.6 is 11.6 Å². The molecule has 2 aromatic rings. The van der Waals surface area contributed by atoms with E-state index in [4.69, 9.17) is 11.6 Å². The van der Waals surface area contributed by atoms with Crippen molar-refractivity contribution in [3.05, 3.63) is 70.8 Å². The zero-order chi connectivity index (χ0) is 16.7. The van der Waals surface area contributed by atoms with E-state index in [9.17, 15) is 9.59 Å². The van der Waals surface area contributed by atoms with E-state index in [1.54, 1.807) is 37.3 Å². The molecule has 118 valence electrons. The van der Waals surface area contributed by atoms with Gasteiger partial charge in [0.25, 0.3) is 0 Å². The lowest BCUT2D eigenvalue weighted by atomic mass is 10.1. The van der Waals surface area contributed by atoms with Gasteiger partial charge in [-0.2, -0.15) is 0 Å². The van der Waals surface area contributed by atoms with Gasteiger partial charge in [0.1, 0.15) is 0 Å². The predicted octanol–water partition coefficient (Wildman–Crippen LogP) is 3.50. The van der Waals surface area contributed by atoms with Crippen molar-refractivity contribution in [2.45, 2.75) is 6.92 Å². The van der Waals surface area contributed by atoms with Crippen LogP contribution in [0.25, 0.3) is 6.08 Å². The monoisotopic (exact) mass is 328 g/mol. The van der Waals surface area contributed by atoms with Gasteiger partial charge in [0.15, 0.2) is 0 Å². The summed E-state index contributed by atoms with van der Waals surface area (Å²) in [6.07, 6.45) is 1.74. The van der Waals surface area contributed by atoms with Crippen molar-refractivity contribution in [3.8, 4) is 0 Å². The third kappa shape index (κ3) is 5.60. The zero-order valence-electron chi connectivity index (χ0n) is 12.7. The quantitative estimate of drug-likeness (QED) is 0.825. The summed E-state index contributed by atoms with van der Waals surface area (Å²) in [6.45, 7) is 1.61. The van der Waals surface area contributed by atoms with E-state index < -0.39 is 0 Å². The summed E-state index contributed by atoms with van der Waals surface area (Å²) in [5.41, 5.74) is 2.08. The lowest BCUT2D eigenvalue weighted by Crippen LogP contribution is -2.33. The fourth-order valence-corrected chi connectivity index (χ4v) is 2.03. The standard InChI is InChI=1S/C18H17ClN2O2/c1-13(11-14-7-9-15(19)10-8-14)18(23)20-12-17(22)21-16-5-3-2-4-6-16/h2-11H,12H2,1H3,(H,20,23)(H,21,22)/b13-11+. The van der Waals surface area contributed by atoms with Crippen molar-refractivity contribution in [2.24, 2.45) is 0 Å². The molecule has 0 bridgehead atoms. The number of hydrogen-bond donors (Lipinski definition) is 2. The maximum Gasteiger partial charge on any atom is 0.247 e. The first kappa shape index (κ1) is 16.8. The summed E-state index contributed by atoms with van der Waals surface area (Å²) < 4.78 is 0. The highest BCUT2D eigenvalue weighted by Crippen LogP contribution is 2.12. The molecule has 0 aliphatic carbocycles. The zero-order valence-corrected chi connectivity index (χ0v) is 13.4. The molecule has 5 heteroatoms. The Bertz CT molecular complexity index is 710. The molecule has 2 rings (SSSR count). The molecule has 0 aliphatic heterocycles. The molecule has 4 nitrogen and oxygen atoms in total. The van der Waals surface area contributed by atoms with E-state index in [-0.39, 0.29) is 18.4 Å². The lowest BCUT2D eigenvalue weighted by Gasteiger charge is -2.07. The molecule has 0 radical (unpaired) electrons. The van der Waals surface area contributed by atoms with Crippen LogP contribution in [0.3, 0.4) is 0 Å². The molecule has 0 spiro atoms. The van der Waals surface area contributed by atoms with E-state index in [1.165, 1.54) is 0 Å². The highest BCUT2D eigenvalue weighted by atomic mass is 35.5. The smallest absolute Gasteiger partial charge is 0.247 e. The molecular weight excluding hydrogens is 312 g/mol. The summed E-state index contributed by atoms with van der Waals surface area (Å²) in [4.78, 5) is 23.8. The van der Waals surface area contributed by atoms with Gasteiger partial charge in [-0.25, -0.2) is 0 Å². The molecule has 0 saturated carbocycles. The SMILES string of the molecule is C/C(=C\c1ccc(Cl)cc1)C(=O)NCC(=O)Nc1ccccc1. The minimum atomic E-state index is -0.289. The van der Waals surface area contributed by atoms with Crippen LogP contribution in [-0.4, -0.2) is 18.4 Å². The molecule has 2 N–H and O–H groups in total. The van der Waals surface area contributed by atoms with Crippen LogP contribution in [-0.2, 0) is 9.59 Å². The fraction of sp³-hybridized carbons (Fsp3) is 0.111. The van der Waals surface area contributed by atoms with Gasteiger partial charge in [0.05, 0.1) is 6.54 Å². The van der Waals surface area contributed by atoms with Gasteiger partial charge in [-0.3, -0.25) is 9.59 Å². The van der Waals surface area contributed by atoms with Gasteiger partial charge in [0.2, 0.25) is 11.8 Å². The maximum atomic E-state index is 12.0. The third-order valence-electron chi connectivity index (χ3n) is 3.08. The maximum absolute atomic E-state index is 12.0. The summed E-state index contributed by atoms with van der Waals surface area (Å²) in [6, 6.07) is 16.2. The summed E-state index contributed by atoms with van der Waals surface area (Å²) >= 11 is 5.82. The van der Waals surface area contributed by atoms with Gasteiger partial charge >= 0.3 is 0 Å². The van der Waals surface area contributed by atoms with Crippen LogP contribution in [0.15, 0.2) is 60.2 Å². The second-order valence-electron chi connectivity index (χ2n) is 4.98. The predicted molar refractivity (Wildman–Crippen MR) is 93.2 cm³/mol. The number of carbonyl (C=O) groups excluding carboxylic acids is 2. The number of para-hydroxylation sites is 1. The number of amides is 2. The Kier molecular flexibility index (Phi) is 5.94. The number of nitrogens with one attached hydrogen (secondary N) is 2. The van der Waals surface area contributed by atoms with Crippen molar-refractivity contribution >= 4 is 35.2 Å². The Morgan fingerprint density at radius 3 is 2.35 bits per heavy atom. The largest absolute Gasteiger partial charge is 0.343 e. The van der Waals surface area contributed by atoms with Crippen LogP contribution < -0.4 is 10.6 Å². The Labute approximate surface area is 140 Å². The topological polar surface area (TPSA) is 58.2 Å². The molecule has 2 aromatic carbocycles. The number of benzene rings is 2. The van der Waals surface area contributed by atoms with Crippen LogP contribution in [0, 0.1) is 0 Å². The summed E-state index contributed by atoms with van der Waals surface area (Å²) in [5.74, 6) is -0.563. The van der Waals surface area contributed by atoms with E-state index in [1.807, 2.05) is 30.3 Å². The van der Waals surface area contributed by atoms with Crippen LogP contribution in [0.5, 0.6) is 0 Å². The van der Waals surface area contributed by atoms with E-state index in [2.05, 4.69) is 10.6 Å². The minimum absolute atomic E-state index is 0.0838. The lowest BCUT2D eigenvalue weighted by molar-refractivity contribution is -0.121. The Hall–Kier alpha value is -2.59. The first-order valence-electron chi connectivity index (χ1n) is 7.11. The second kappa shape index (κ2) is 8.15. The summed E-state index contributed by atoms with van der Waals surface area (Å²) in [5, 5.41) is 5.93. The number of rotatable bonds is 5. The van der Waals surface area contributed by atoms with Gasteiger partial charge < -0.3 is 10.6 Å². The van der Waals surface area contributed by atoms with Crippen molar-refractivity contribution < 1.29 is 9.59 Å². The van der Waals surface area contributed by atoms with Gasteiger partial charge in [0, 0.05) is 16.3 Å². The number of halogens is 1. The number of anilines is 1. The molecule has 0 atom stereocenters. The molecule has 23 heavy (non-hydrogen) atoms. The van der Waals surface area contributed by atoms with Crippen LogP contribution in [0.2, 0.25) is 5.02 Å². The number of carbonyl (C=O) groups is 2. The molecular formula is C18H17ClN2O2. The molecule has 2 amide bonds. The average Bonchev–Trinajstić information content (AvgIpc) is 2.55. The normalized spacial score (nSPS) is 11.0. The molecule has 0 saturated heterocycles. The highest BCUT2D eigenvalue weighted by molar-refractivity contribution is 6.30. The number of hydrogen-bond acceptors (Lipinski definition) is 2. The third-order valence-corrected chi connectivity index (χ3v) is 3.33. The second-order valence-corrected chi connectivity index (χ2v) is 5.41. The van der Waals surface area contributed by atoms with E-state index in [0.29, 0.717) is 16.3 Å². The minimum Gasteiger partial charge on any atom is -0.343 e. The first-order valence-corrected chi connectivity index (χ1v) is 7.49. The van der Waals surface area contributed by atoms with Crippen molar-refractivity contribution in [3.63, 3.8) is 0 Å². The van der Waals surface area contributed by atoms with Gasteiger partial charge in [-0.05, 0) is 42.8 Å². The fourth-order valence-electron chi connectivity index (χ4n) is 1.90. The Morgan fingerprint density at radius 1 is 1.04 bits per heavy atom. The molecule has 0 aliphatic rings. The van der Waals surface area contributed by atoms with Crippen molar-refractivity contribution in [1.29, 1.82) is 0 Å². The Balaban J connectivity index is 1.86.